The number of ether oxygens (including phenoxy) is 5. The van der Waals surface area contributed by atoms with Crippen molar-refractivity contribution in [2.45, 2.75) is 85.3 Å². The molecule has 0 saturated heterocycles. The van der Waals surface area contributed by atoms with Crippen molar-refractivity contribution in [3.63, 3.8) is 0 Å². The summed E-state index contributed by atoms with van der Waals surface area (Å²) in [7, 11) is 0. The number of benzene rings is 1. The third-order valence-electron chi connectivity index (χ3n) is 5.44. The Morgan fingerprint density at radius 2 is 1.42 bits per heavy atom. The maximum atomic E-state index is 12.3. The molecule has 214 valence electrons. The molecule has 1 rings (SSSR count). The van der Waals surface area contributed by atoms with Gasteiger partial charge in [-0.2, -0.15) is 0 Å². The summed E-state index contributed by atoms with van der Waals surface area (Å²) < 4.78 is 25.8. The van der Waals surface area contributed by atoms with E-state index < -0.39 is 35.9 Å². The molecule has 0 aliphatic carbocycles. The van der Waals surface area contributed by atoms with E-state index in [2.05, 4.69) is 0 Å². The van der Waals surface area contributed by atoms with E-state index in [0.717, 1.165) is 0 Å². The van der Waals surface area contributed by atoms with E-state index in [0.29, 0.717) is 30.2 Å². The van der Waals surface area contributed by atoms with E-state index in [4.69, 9.17) is 29.4 Å². The average molecular weight is 540 g/mol. The van der Waals surface area contributed by atoms with E-state index in [9.17, 15) is 24.3 Å². The molecule has 1 aromatic carbocycles. The predicted octanol–water partition coefficient (Wildman–Crippen LogP) is 4.87. The molecule has 0 aromatic heterocycles. The van der Waals surface area contributed by atoms with Crippen LogP contribution in [0.5, 0.6) is 11.5 Å². The highest BCUT2D eigenvalue weighted by Gasteiger charge is 2.37. The van der Waals surface area contributed by atoms with Gasteiger partial charge in [0, 0.05) is 19.3 Å². The fourth-order valence-electron chi connectivity index (χ4n) is 3.28. The number of aliphatic carboxylic acids is 1. The van der Waals surface area contributed by atoms with Gasteiger partial charge in [0.05, 0.1) is 13.2 Å². The zero-order valence-electron chi connectivity index (χ0n) is 23.1. The average Bonchev–Trinajstić information content (AvgIpc) is 2.79. The number of hydrogen-bond donors (Lipinski definition) is 2. The van der Waals surface area contributed by atoms with Gasteiger partial charge < -0.3 is 34.5 Å². The number of carboxylic acid groups (broad SMARTS) is 1. The molecule has 0 radical (unpaired) electrons. The third-order valence-corrected chi connectivity index (χ3v) is 5.44. The molecule has 3 N–H and O–H groups in total. The molecule has 2 atom stereocenters. The Hall–Kier alpha value is -3.34. The summed E-state index contributed by atoms with van der Waals surface area (Å²) in [6, 6.07) is 4.17. The predicted molar refractivity (Wildman–Crippen MR) is 138 cm³/mol. The molecule has 0 aliphatic rings. The van der Waals surface area contributed by atoms with Crippen molar-refractivity contribution in [3.8, 4) is 11.5 Å². The molecular weight excluding hydrogens is 498 g/mol. The summed E-state index contributed by atoms with van der Waals surface area (Å²) >= 11 is 0. The second-order valence-electron chi connectivity index (χ2n) is 10.0. The van der Waals surface area contributed by atoms with Gasteiger partial charge in [0.1, 0.15) is 11.6 Å². The van der Waals surface area contributed by atoms with Gasteiger partial charge in [0.15, 0.2) is 11.5 Å². The highest BCUT2D eigenvalue weighted by atomic mass is 16.7. The molecule has 0 heterocycles. The van der Waals surface area contributed by atoms with Crippen LogP contribution in [0.2, 0.25) is 0 Å². The Labute approximate surface area is 223 Å². The standard InChI is InChI=1S/C27H41NO10/c1-7-23(29)36-19(6)15-27(28,24(30)31)16-20-8-9-21(37-25(32)34-12-10-17(2)3)22(14-20)38-26(33)35-13-11-18(4)5/h8-9,14,17-19H,7,10-13,15-16,28H2,1-6H3,(H,30,31)/t19-,27?/m0/s1. The minimum Gasteiger partial charge on any atom is -0.480 e. The molecule has 0 saturated carbocycles. The van der Waals surface area contributed by atoms with Gasteiger partial charge in [-0.05, 0) is 49.3 Å². The topological polar surface area (TPSA) is 161 Å². The summed E-state index contributed by atoms with van der Waals surface area (Å²) in [6.07, 6.45) is -1.71. The number of carboxylic acids is 1. The van der Waals surface area contributed by atoms with Crippen LogP contribution >= 0.6 is 0 Å². The maximum absolute atomic E-state index is 12.3. The number of rotatable bonds is 15. The van der Waals surface area contributed by atoms with Gasteiger partial charge in [0.2, 0.25) is 0 Å². The number of carbonyl (C=O) groups excluding carboxylic acids is 3. The Morgan fingerprint density at radius 3 is 1.89 bits per heavy atom. The molecular formula is C27H41NO10. The van der Waals surface area contributed by atoms with Gasteiger partial charge in [-0.3, -0.25) is 9.59 Å². The number of esters is 1. The zero-order valence-corrected chi connectivity index (χ0v) is 23.1. The van der Waals surface area contributed by atoms with Crippen LogP contribution < -0.4 is 15.2 Å². The zero-order chi connectivity index (χ0) is 28.9. The van der Waals surface area contributed by atoms with E-state index >= 15 is 0 Å². The van der Waals surface area contributed by atoms with E-state index in [1.165, 1.54) is 18.2 Å². The quantitative estimate of drug-likeness (QED) is 0.178. The van der Waals surface area contributed by atoms with E-state index in [1.54, 1.807) is 13.8 Å². The molecule has 38 heavy (non-hydrogen) atoms. The van der Waals surface area contributed by atoms with E-state index in [1.807, 2.05) is 27.7 Å². The first-order valence-corrected chi connectivity index (χ1v) is 12.8. The lowest BCUT2D eigenvalue weighted by Gasteiger charge is -2.28. The Morgan fingerprint density at radius 1 is 0.895 bits per heavy atom. The number of carbonyl (C=O) groups is 4. The van der Waals surface area contributed by atoms with Gasteiger partial charge in [0.25, 0.3) is 0 Å². The minimum atomic E-state index is -1.80. The molecule has 11 heteroatoms. The first kappa shape index (κ1) is 32.7. The number of hydrogen-bond acceptors (Lipinski definition) is 10. The normalized spacial score (nSPS) is 13.4. The van der Waals surface area contributed by atoms with Crippen molar-refractivity contribution in [1.29, 1.82) is 0 Å². The van der Waals surface area contributed by atoms with Gasteiger partial charge in [-0.25, -0.2) is 9.59 Å². The van der Waals surface area contributed by atoms with Crippen molar-refractivity contribution >= 4 is 24.2 Å². The van der Waals surface area contributed by atoms with Crippen LogP contribution in [0.4, 0.5) is 9.59 Å². The largest absolute Gasteiger partial charge is 0.513 e. The van der Waals surface area contributed by atoms with Crippen molar-refractivity contribution in [1.82, 2.24) is 0 Å². The van der Waals surface area contributed by atoms with Crippen molar-refractivity contribution in [2.75, 3.05) is 13.2 Å². The van der Waals surface area contributed by atoms with Crippen LogP contribution in [0.1, 0.15) is 72.8 Å². The molecule has 11 nitrogen and oxygen atoms in total. The second kappa shape index (κ2) is 15.8. The van der Waals surface area contributed by atoms with Crippen LogP contribution in [0, 0.1) is 11.8 Å². The lowest BCUT2D eigenvalue weighted by atomic mass is 9.86. The second-order valence-corrected chi connectivity index (χ2v) is 10.0. The first-order chi connectivity index (χ1) is 17.7. The SMILES string of the molecule is CCC(=O)O[C@@H](C)CC(N)(Cc1ccc(OC(=O)OCCC(C)C)c(OC(=O)OCCC(C)C)c1)C(=O)O. The summed E-state index contributed by atoms with van der Waals surface area (Å²) in [5.41, 5.74) is 4.77. The summed E-state index contributed by atoms with van der Waals surface area (Å²) in [6.45, 7) is 11.4. The van der Waals surface area contributed by atoms with Crippen molar-refractivity contribution in [2.24, 2.45) is 17.6 Å². The van der Waals surface area contributed by atoms with Crippen LogP contribution in [0.25, 0.3) is 0 Å². The van der Waals surface area contributed by atoms with Crippen LogP contribution in [0.15, 0.2) is 18.2 Å². The van der Waals surface area contributed by atoms with Crippen LogP contribution in [-0.2, 0) is 30.2 Å². The Kier molecular flexibility index (Phi) is 13.6. The van der Waals surface area contributed by atoms with Crippen LogP contribution in [0.3, 0.4) is 0 Å². The molecule has 0 amide bonds. The summed E-state index contributed by atoms with van der Waals surface area (Å²) in [5, 5.41) is 9.83. The van der Waals surface area contributed by atoms with Crippen molar-refractivity contribution in [3.05, 3.63) is 23.8 Å². The fraction of sp³-hybridized carbons (Fsp3) is 0.630. The van der Waals surface area contributed by atoms with Gasteiger partial charge >= 0.3 is 24.2 Å². The Balaban J connectivity index is 3.14. The first-order valence-electron chi connectivity index (χ1n) is 12.8. The smallest absolute Gasteiger partial charge is 0.480 e. The van der Waals surface area contributed by atoms with Crippen molar-refractivity contribution < 1.29 is 48.0 Å². The Bertz CT molecular complexity index is 946. The van der Waals surface area contributed by atoms with E-state index in [-0.39, 0.29) is 44.0 Å². The van der Waals surface area contributed by atoms with Gasteiger partial charge in [-0.15, -0.1) is 0 Å². The third kappa shape index (κ3) is 12.3. The lowest BCUT2D eigenvalue weighted by Crippen LogP contribution is -2.52. The molecule has 0 aliphatic heterocycles. The molecule has 1 aromatic rings. The lowest BCUT2D eigenvalue weighted by molar-refractivity contribution is -0.153. The fourth-order valence-corrected chi connectivity index (χ4v) is 3.28. The van der Waals surface area contributed by atoms with Crippen LogP contribution in [-0.4, -0.2) is 54.2 Å². The minimum absolute atomic E-state index is 0.118. The monoisotopic (exact) mass is 539 g/mol. The molecule has 0 spiro atoms. The summed E-state index contributed by atoms with van der Waals surface area (Å²) in [4.78, 5) is 48.1. The maximum Gasteiger partial charge on any atom is 0.513 e. The molecule has 1 unspecified atom stereocenters. The molecule has 0 bridgehead atoms. The molecule has 0 fully saturated rings. The summed E-state index contributed by atoms with van der Waals surface area (Å²) in [5.74, 6) is -1.44. The highest BCUT2D eigenvalue weighted by molar-refractivity contribution is 5.79. The highest BCUT2D eigenvalue weighted by Crippen LogP contribution is 2.31. The van der Waals surface area contributed by atoms with Gasteiger partial charge in [-0.1, -0.05) is 40.7 Å². The number of nitrogens with two attached hydrogens (primary N) is 1.